The average molecular weight is 520 g/mol. The molecular weight excluding hydrogens is 486 g/mol. The highest BCUT2D eigenvalue weighted by molar-refractivity contribution is 7.89. The maximum absolute atomic E-state index is 12.9. The molecule has 0 bridgehead atoms. The first-order valence-electron chi connectivity index (χ1n) is 11.6. The Bertz CT molecular complexity index is 1150. The van der Waals surface area contributed by atoms with E-state index in [0.29, 0.717) is 24.5 Å². The van der Waals surface area contributed by atoms with E-state index < -0.39 is 27.5 Å². The van der Waals surface area contributed by atoms with Crippen molar-refractivity contribution in [2.75, 3.05) is 45.4 Å². The van der Waals surface area contributed by atoms with Gasteiger partial charge < -0.3 is 19.5 Å². The Kier molecular flexibility index (Phi) is 11.5. The van der Waals surface area contributed by atoms with Gasteiger partial charge in [-0.1, -0.05) is 44.2 Å². The van der Waals surface area contributed by atoms with Gasteiger partial charge in [-0.25, -0.2) is 13.2 Å². The fourth-order valence-electron chi connectivity index (χ4n) is 3.27. The summed E-state index contributed by atoms with van der Waals surface area (Å²) in [4.78, 5) is 29.2. The lowest BCUT2D eigenvalue weighted by atomic mass is 10.2. The highest BCUT2D eigenvalue weighted by Crippen LogP contribution is 2.28. The fourth-order valence-corrected chi connectivity index (χ4v) is 4.76. The number of benzene rings is 2. The van der Waals surface area contributed by atoms with Crippen LogP contribution in [0.1, 0.15) is 26.3 Å². The van der Waals surface area contributed by atoms with E-state index in [4.69, 9.17) is 14.2 Å². The number of sulfonamides is 1. The third-order valence-electron chi connectivity index (χ3n) is 5.10. The molecule has 2 aromatic rings. The summed E-state index contributed by atoms with van der Waals surface area (Å²) in [6.45, 7) is 5.51. The minimum absolute atomic E-state index is 0.0719. The smallest absolute Gasteiger partial charge is 0.360 e. The highest BCUT2D eigenvalue weighted by atomic mass is 32.2. The van der Waals surface area contributed by atoms with Crippen LogP contribution in [0.15, 0.2) is 58.4 Å². The van der Waals surface area contributed by atoms with Crippen LogP contribution in [0, 0.1) is 0 Å². The van der Waals surface area contributed by atoms with Crippen LogP contribution in [0.5, 0.6) is 5.75 Å². The van der Waals surface area contributed by atoms with Crippen molar-refractivity contribution < 1.29 is 32.2 Å². The van der Waals surface area contributed by atoms with Gasteiger partial charge in [0.25, 0.3) is 0 Å². The lowest BCUT2D eigenvalue weighted by Crippen LogP contribution is -2.31. The molecule has 0 radical (unpaired) electrons. The van der Waals surface area contributed by atoms with Crippen LogP contribution in [0.25, 0.3) is 0 Å². The number of esters is 1. The number of ketones is 1. The van der Waals surface area contributed by atoms with Gasteiger partial charge in [0.15, 0.2) is 5.71 Å². The molecule has 0 saturated heterocycles. The second-order valence-corrected chi connectivity index (χ2v) is 9.35. The zero-order valence-electron chi connectivity index (χ0n) is 21.0. The van der Waals surface area contributed by atoms with Gasteiger partial charge in [0, 0.05) is 13.1 Å². The summed E-state index contributed by atoms with van der Waals surface area (Å²) in [5.74, 6) is -1.12. The molecular formula is C25H33N3O7S. The summed E-state index contributed by atoms with van der Waals surface area (Å²) in [5, 5.41) is 2.92. The first-order valence-corrected chi connectivity index (χ1v) is 13.0. The number of nitrogens with one attached hydrogen (secondary N) is 1. The third-order valence-corrected chi connectivity index (χ3v) is 7.14. The molecule has 0 heterocycles. The molecule has 0 fully saturated rings. The molecule has 0 amide bonds. The monoisotopic (exact) mass is 519 g/mol. The predicted molar refractivity (Wildman–Crippen MR) is 137 cm³/mol. The number of anilines is 1. The maximum Gasteiger partial charge on any atom is 0.360 e. The molecule has 0 spiro atoms. The zero-order chi connectivity index (χ0) is 26.6. The fraction of sp³-hybridized carbons (Fsp3) is 0.400. The Morgan fingerprint density at radius 1 is 1.03 bits per heavy atom. The Morgan fingerprint density at radius 2 is 1.72 bits per heavy atom. The van der Waals surface area contributed by atoms with Gasteiger partial charge in [-0.2, -0.15) is 4.31 Å². The Hall–Kier alpha value is -3.28. The lowest BCUT2D eigenvalue weighted by Gasteiger charge is -2.19. The molecule has 196 valence electrons. The molecule has 0 saturated carbocycles. The molecule has 1 N–H and O–H groups in total. The number of carbonyl (C=O) groups is 2. The van der Waals surface area contributed by atoms with Gasteiger partial charge in [0.1, 0.15) is 19.0 Å². The molecule has 0 aliphatic carbocycles. The first kappa shape index (κ1) is 29.0. The largest absolute Gasteiger partial charge is 0.495 e. The second kappa shape index (κ2) is 14.3. The predicted octanol–water partition coefficient (Wildman–Crippen LogP) is 2.89. The topological polar surface area (TPSA) is 124 Å². The van der Waals surface area contributed by atoms with Crippen LogP contribution >= 0.6 is 0 Å². The number of carbonyl (C=O) groups excluding carboxylic acids is 2. The lowest BCUT2D eigenvalue weighted by molar-refractivity contribution is -0.136. The molecule has 11 heteroatoms. The van der Waals surface area contributed by atoms with Crippen molar-refractivity contribution >= 4 is 33.2 Å². The second-order valence-electron chi connectivity index (χ2n) is 7.42. The molecule has 36 heavy (non-hydrogen) atoms. The van der Waals surface area contributed by atoms with Crippen molar-refractivity contribution in [3.05, 3.63) is 54.1 Å². The SMILES string of the molecule is CCOC(=O)/C(=N/CNc1cc(S(=O)(=O)N(CC)CC)ccc1OC)C(=O)COCc1ccccc1. The summed E-state index contributed by atoms with van der Waals surface area (Å²) in [6.07, 6.45) is 0. The van der Waals surface area contributed by atoms with Gasteiger partial charge >= 0.3 is 5.97 Å². The van der Waals surface area contributed by atoms with E-state index in [9.17, 15) is 18.0 Å². The van der Waals surface area contributed by atoms with E-state index in [-0.39, 0.29) is 31.4 Å². The number of hydrogen-bond acceptors (Lipinski definition) is 9. The molecule has 0 atom stereocenters. The van der Waals surface area contributed by atoms with Crippen molar-refractivity contribution in [3.63, 3.8) is 0 Å². The number of nitrogens with zero attached hydrogens (tertiary/aromatic N) is 2. The summed E-state index contributed by atoms with van der Waals surface area (Å²) < 4.78 is 42.8. The molecule has 2 rings (SSSR count). The molecule has 0 unspecified atom stereocenters. The number of ether oxygens (including phenoxy) is 3. The van der Waals surface area contributed by atoms with Gasteiger partial charge in [-0.3, -0.25) is 9.79 Å². The number of aliphatic imine (C=N–C) groups is 1. The normalized spacial score (nSPS) is 11.9. The van der Waals surface area contributed by atoms with Crippen LogP contribution in [0.4, 0.5) is 5.69 Å². The minimum Gasteiger partial charge on any atom is -0.495 e. The number of rotatable bonds is 15. The summed E-state index contributed by atoms with van der Waals surface area (Å²) >= 11 is 0. The Balaban J connectivity index is 2.18. The van der Waals surface area contributed by atoms with Crippen LogP contribution < -0.4 is 10.1 Å². The zero-order valence-corrected chi connectivity index (χ0v) is 21.8. The van der Waals surface area contributed by atoms with Crippen molar-refractivity contribution in [2.45, 2.75) is 32.3 Å². The van der Waals surface area contributed by atoms with E-state index in [2.05, 4.69) is 10.3 Å². The third kappa shape index (κ3) is 7.87. The van der Waals surface area contributed by atoms with Gasteiger partial charge in [0.05, 0.1) is 30.9 Å². The first-order chi connectivity index (χ1) is 17.3. The van der Waals surface area contributed by atoms with Crippen molar-refractivity contribution in [1.82, 2.24) is 4.31 Å². The molecule has 0 aliphatic rings. The highest BCUT2D eigenvalue weighted by Gasteiger charge is 2.24. The Morgan fingerprint density at radius 3 is 2.33 bits per heavy atom. The van der Waals surface area contributed by atoms with Gasteiger partial charge in [-0.05, 0) is 30.7 Å². The molecule has 10 nitrogen and oxygen atoms in total. The number of hydrogen-bond donors (Lipinski definition) is 1. The summed E-state index contributed by atoms with van der Waals surface area (Å²) in [5.41, 5.74) is 0.821. The van der Waals surface area contributed by atoms with E-state index in [1.54, 1.807) is 20.8 Å². The quantitative estimate of drug-likeness (QED) is 0.216. The van der Waals surface area contributed by atoms with E-state index in [0.717, 1.165) is 5.56 Å². The van der Waals surface area contributed by atoms with Crippen LogP contribution in [0.3, 0.4) is 0 Å². The number of Topliss-reactive ketones (excluding diaryl/α,β-unsaturated/α-hetero) is 1. The van der Waals surface area contributed by atoms with Crippen molar-refractivity contribution in [1.29, 1.82) is 0 Å². The van der Waals surface area contributed by atoms with E-state index in [1.165, 1.54) is 29.6 Å². The molecule has 0 aliphatic heterocycles. The number of methoxy groups -OCH3 is 1. The molecule has 2 aromatic carbocycles. The summed E-state index contributed by atoms with van der Waals surface area (Å²) in [7, 11) is -2.26. The standard InChI is InChI=1S/C25H33N3O7S/c1-5-28(6-2)36(31,32)20-13-14-23(33-4)21(15-20)26-18-27-24(25(30)35-7-3)22(29)17-34-16-19-11-9-8-10-12-19/h8-15,26H,5-7,16-18H2,1-4H3/b27-24+. The van der Waals surface area contributed by atoms with E-state index >= 15 is 0 Å². The van der Waals surface area contributed by atoms with Gasteiger partial charge in [0.2, 0.25) is 15.8 Å². The summed E-state index contributed by atoms with van der Waals surface area (Å²) in [6, 6.07) is 13.7. The van der Waals surface area contributed by atoms with Crippen molar-refractivity contribution in [3.8, 4) is 5.75 Å². The van der Waals surface area contributed by atoms with Gasteiger partial charge in [-0.15, -0.1) is 0 Å². The van der Waals surface area contributed by atoms with Crippen LogP contribution in [-0.4, -0.2) is 70.3 Å². The van der Waals surface area contributed by atoms with Crippen LogP contribution in [-0.2, 0) is 35.7 Å². The Labute approximate surface area is 212 Å². The average Bonchev–Trinajstić information content (AvgIpc) is 2.87. The van der Waals surface area contributed by atoms with Crippen molar-refractivity contribution in [2.24, 2.45) is 4.99 Å². The maximum atomic E-state index is 12.9. The minimum atomic E-state index is -3.70. The van der Waals surface area contributed by atoms with Crippen LogP contribution in [0.2, 0.25) is 0 Å². The molecule has 0 aromatic heterocycles. The van der Waals surface area contributed by atoms with E-state index in [1.807, 2.05) is 30.3 Å².